The van der Waals surface area contributed by atoms with E-state index in [0.717, 1.165) is 12.1 Å². The summed E-state index contributed by atoms with van der Waals surface area (Å²) in [6.45, 7) is 7.97. The molecule has 2 rings (SSSR count). The molecule has 1 N–H and O–H groups in total. The fourth-order valence-corrected chi connectivity index (χ4v) is 5.51. The Labute approximate surface area is 179 Å². The van der Waals surface area contributed by atoms with Gasteiger partial charge in [-0.15, -0.1) is 0 Å². The Kier molecular flexibility index (Phi) is 10.4. The molecule has 0 saturated carbocycles. The van der Waals surface area contributed by atoms with Crippen LogP contribution in [0.2, 0.25) is 6.04 Å². The van der Waals surface area contributed by atoms with Crippen molar-refractivity contribution in [3.05, 3.63) is 60.2 Å². The number of hydrogen-bond donors (Lipinski definition) is 1. The van der Waals surface area contributed by atoms with Crippen LogP contribution in [0.5, 0.6) is 0 Å². The Morgan fingerprint density at radius 2 is 1.37 bits per heavy atom. The van der Waals surface area contributed by atoms with Crippen LogP contribution in [0, 0.1) is 0 Å². The Morgan fingerprint density at radius 3 is 1.90 bits per heavy atom. The molecule has 0 unspecified atom stereocenters. The van der Waals surface area contributed by atoms with Crippen molar-refractivity contribution in [2.24, 2.45) is 10.2 Å². The summed E-state index contributed by atoms with van der Waals surface area (Å²) >= 11 is 0. The van der Waals surface area contributed by atoms with Gasteiger partial charge in [-0.3, -0.25) is 4.79 Å². The smallest absolute Gasteiger partial charge is 0.374 e. The zero-order valence-electron chi connectivity index (χ0n) is 18.0. The maximum atomic E-state index is 12.4. The summed E-state index contributed by atoms with van der Waals surface area (Å²) in [4.78, 5) is 12.4. The second-order valence-electron chi connectivity index (χ2n) is 6.42. The van der Waals surface area contributed by atoms with E-state index < -0.39 is 8.80 Å². The van der Waals surface area contributed by atoms with Gasteiger partial charge in [-0.2, -0.15) is 10.2 Å². The maximum Gasteiger partial charge on any atom is 0.500 e. The summed E-state index contributed by atoms with van der Waals surface area (Å²) in [5.74, 6) is -0.127. The first-order valence-corrected chi connectivity index (χ1v) is 12.3. The van der Waals surface area contributed by atoms with Crippen molar-refractivity contribution in [1.82, 2.24) is 5.32 Å². The van der Waals surface area contributed by atoms with E-state index in [-0.39, 0.29) is 5.91 Å². The largest absolute Gasteiger partial charge is 0.500 e. The third-order valence-corrected chi connectivity index (χ3v) is 7.36. The van der Waals surface area contributed by atoms with Crippen LogP contribution in [0.4, 0.5) is 11.4 Å². The number of carbonyl (C=O) groups excluding carboxylic acids is 1. The molecule has 2 aromatic carbocycles. The zero-order chi connectivity index (χ0) is 21.7. The normalized spacial score (nSPS) is 11.7. The summed E-state index contributed by atoms with van der Waals surface area (Å²) in [5.41, 5.74) is 2.05. The minimum absolute atomic E-state index is 0.127. The second kappa shape index (κ2) is 13.0. The average molecular weight is 430 g/mol. The van der Waals surface area contributed by atoms with E-state index in [1.165, 1.54) is 0 Å². The Bertz CT molecular complexity index is 768. The van der Waals surface area contributed by atoms with E-state index >= 15 is 0 Å². The predicted octanol–water partition coefficient (Wildman–Crippen LogP) is 5.27. The number of amides is 1. The van der Waals surface area contributed by atoms with Crippen LogP contribution >= 0.6 is 0 Å². The average Bonchev–Trinajstić information content (AvgIpc) is 2.77. The first-order chi connectivity index (χ1) is 14.6. The summed E-state index contributed by atoms with van der Waals surface area (Å²) in [7, 11) is -2.67. The molecule has 0 heterocycles. The second-order valence-corrected chi connectivity index (χ2v) is 9.16. The van der Waals surface area contributed by atoms with Gasteiger partial charge in [-0.05, 0) is 63.6 Å². The number of azo groups is 1. The number of carbonyl (C=O) groups is 1. The van der Waals surface area contributed by atoms with Crippen LogP contribution in [0.1, 0.15) is 37.6 Å². The van der Waals surface area contributed by atoms with Crippen molar-refractivity contribution >= 4 is 26.1 Å². The molecule has 162 valence electrons. The molecular weight excluding hydrogens is 398 g/mol. The third-order valence-electron chi connectivity index (χ3n) is 4.20. The quantitative estimate of drug-likeness (QED) is 0.267. The molecule has 7 nitrogen and oxygen atoms in total. The third kappa shape index (κ3) is 7.79. The van der Waals surface area contributed by atoms with Crippen molar-refractivity contribution in [2.75, 3.05) is 26.4 Å². The van der Waals surface area contributed by atoms with Gasteiger partial charge in [-0.25, -0.2) is 0 Å². The summed E-state index contributed by atoms with van der Waals surface area (Å²) in [6, 6.07) is 17.2. The lowest BCUT2D eigenvalue weighted by Gasteiger charge is -2.28. The molecule has 0 bridgehead atoms. The lowest BCUT2D eigenvalue weighted by Crippen LogP contribution is -2.46. The van der Waals surface area contributed by atoms with Crippen LogP contribution in [-0.4, -0.2) is 41.1 Å². The molecule has 0 fully saturated rings. The van der Waals surface area contributed by atoms with Crippen LogP contribution in [0.25, 0.3) is 0 Å². The molecule has 0 radical (unpaired) electrons. The maximum absolute atomic E-state index is 12.4. The Balaban J connectivity index is 1.83. The van der Waals surface area contributed by atoms with E-state index in [0.29, 0.717) is 43.7 Å². The summed E-state index contributed by atoms with van der Waals surface area (Å²) in [6.07, 6.45) is 0.724. The summed E-state index contributed by atoms with van der Waals surface area (Å²) in [5, 5.41) is 11.3. The van der Waals surface area contributed by atoms with Crippen LogP contribution < -0.4 is 5.32 Å². The zero-order valence-corrected chi connectivity index (χ0v) is 19.0. The van der Waals surface area contributed by atoms with Gasteiger partial charge in [0.2, 0.25) is 0 Å². The highest BCUT2D eigenvalue weighted by Gasteiger charge is 2.39. The van der Waals surface area contributed by atoms with Gasteiger partial charge in [0, 0.05) is 38.0 Å². The van der Waals surface area contributed by atoms with Gasteiger partial charge in [0.25, 0.3) is 5.91 Å². The topological polar surface area (TPSA) is 81.5 Å². The SMILES string of the molecule is CCO[Si](CCCNC(=O)c1ccc(N=Nc2ccccc2)cc1)(OCC)OCC. The Morgan fingerprint density at radius 1 is 0.833 bits per heavy atom. The first kappa shape index (κ1) is 23.9. The number of hydrogen-bond acceptors (Lipinski definition) is 6. The van der Waals surface area contributed by atoms with E-state index in [2.05, 4.69) is 15.5 Å². The van der Waals surface area contributed by atoms with E-state index in [9.17, 15) is 4.79 Å². The lowest BCUT2D eigenvalue weighted by atomic mass is 10.2. The predicted molar refractivity (Wildman–Crippen MR) is 119 cm³/mol. The molecular formula is C22H31N3O4Si. The van der Waals surface area contributed by atoms with Crippen LogP contribution in [0.3, 0.4) is 0 Å². The molecule has 0 spiro atoms. The molecule has 0 aromatic heterocycles. The molecule has 8 heteroatoms. The molecule has 2 aromatic rings. The van der Waals surface area contributed by atoms with Gasteiger partial charge >= 0.3 is 8.80 Å². The van der Waals surface area contributed by atoms with Gasteiger partial charge in [0.1, 0.15) is 0 Å². The molecule has 0 aliphatic heterocycles. The number of nitrogens with zero attached hydrogens (tertiary/aromatic N) is 2. The van der Waals surface area contributed by atoms with E-state index in [4.69, 9.17) is 13.3 Å². The van der Waals surface area contributed by atoms with E-state index in [1.807, 2.05) is 51.1 Å². The summed E-state index contributed by atoms with van der Waals surface area (Å²) < 4.78 is 17.5. The highest BCUT2D eigenvalue weighted by atomic mass is 28.4. The van der Waals surface area contributed by atoms with Gasteiger partial charge in [0.15, 0.2) is 0 Å². The standard InChI is InChI=1S/C22H31N3O4Si/c1-4-27-30(28-5-2,29-6-3)18-10-17-23-22(26)19-13-15-21(16-14-19)25-24-20-11-8-7-9-12-20/h7-9,11-16H,4-6,10,17-18H2,1-3H3,(H,23,26). The van der Waals surface area contributed by atoms with Gasteiger partial charge < -0.3 is 18.6 Å². The van der Waals surface area contributed by atoms with Crippen molar-refractivity contribution in [2.45, 2.75) is 33.2 Å². The highest BCUT2D eigenvalue weighted by molar-refractivity contribution is 6.60. The fourth-order valence-electron chi connectivity index (χ4n) is 2.90. The van der Waals surface area contributed by atoms with Crippen molar-refractivity contribution in [3.8, 4) is 0 Å². The highest BCUT2D eigenvalue weighted by Crippen LogP contribution is 2.19. The van der Waals surface area contributed by atoms with E-state index in [1.54, 1.807) is 24.3 Å². The van der Waals surface area contributed by atoms with Crippen LogP contribution in [0.15, 0.2) is 64.8 Å². The van der Waals surface area contributed by atoms with Crippen LogP contribution in [-0.2, 0) is 13.3 Å². The van der Waals surface area contributed by atoms with Crippen molar-refractivity contribution < 1.29 is 18.1 Å². The lowest BCUT2D eigenvalue weighted by molar-refractivity contribution is 0.0705. The minimum atomic E-state index is -2.67. The number of benzene rings is 2. The molecule has 0 atom stereocenters. The van der Waals surface area contributed by atoms with Gasteiger partial charge in [-0.1, -0.05) is 18.2 Å². The molecule has 0 aliphatic rings. The van der Waals surface area contributed by atoms with Crippen molar-refractivity contribution in [3.63, 3.8) is 0 Å². The molecule has 1 amide bonds. The monoisotopic (exact) mass is 429 g/mol. The number of rotatable bonds is 13. The molecule has 0 saturated heterocycles. The van der Waals surface area contributed by atoms with Gasteiger partial charge in [0.05, 0.1) is 11.4 Å². The Hall–Kier alpha value is -2.39. The molecule has 0 aliphatic carbocycles. The number of nitrogens with one attached hydrogen (secondary N) is 1. The minimum Gasteiger partial charge on any atom is -0.374 e. The first-order valence-electron chi connectivity index (χ1n) is 10.4. The molecule has 30 heavy (non-hydrogen) atoms. The van der Waals surface area contributed by atoms with Crippen molar-refractivity contribution in [1.29, 1.82) is 0 Å². The fraction of sp³-hybridized carbons (Fsp3) is 0.409.